The second-order valence-corrected chi connectivity index (χ2v) is 4.74. The van der Waals surface area contributed by atoms with E-state index in [1.54, 1.807) is 12.5 Å². The van der Waals surface area contributed by atoms with Crippen molar-refractivity contribution in [2.45, 2.75) is 33.2 Å². The third-order valence-electron chi connectivity index (χ3n) is 3.11. The Bertz CT molecular complexity index is 541. The van der Waals surface area contributed by atoms with Gasteiger partial charge in [0.1, 0.15) is 18.0 Å². The first-order valence-corrected chi connectivity index (χ1v) is 6.95. The van der Waals surface area contributed by atoms with Crippen LogP contribution in [-0.4, -0.2) is 21.5 Å². The van der Waals surface area contributed by atoms with Crippen LogP contribution in [0.1, 0.15) is 37.6 Å². The van der Waals surface area contributed by atoms with E-state index in [0.29, 0.717) is 0 Å². The molecule has 0 saturated heterocycles. The average Bonchev–Trinajstić information content (AvgIpc) is 2.49. The van der Waals surface area contributed by atoms with Gasteiger partial charge in [-0.25, -0.2) is 9.97 Å². The molecule has 2 aromatic heterocycles. The Labute approximate surface area is 119 Å². The minimum absolute atomic E-state index is 0.101. The minimum Gasteiger partial charge on any atom is -0.370 e. The van der Waals surface area contributed by atoms with E-state index in [2.05, 4.69) is 39.4 Å². The van der Waals surface area contributed by atoms with Crippen molar-refractivity contribution in [3.05, 3.63) is 42.0 Å². The second kappa shape index (κ2) is 6.84. The van der Waals surface area contributed by atoms with Crippen LogP contribution in [-0.2, 0) is 0 Å². The lowest BCUT2D eigenvalue weighted by Crippen LogP contribution is -2.12. The van der Waals surface area contributed by atoms with Gasteiger partial charge in [0.25, 0.3) is 0 Å². The molecule has 5 nitrogen and oxygen atoms in total. The molecule has 0 aliphatic heterocycles. The molecule has 5 heteroatoms. The molecule has 0 aromatic carbocycles. The summed E-state index contributed by atoms with van der Waals surface area (Å²) >= 11 is 0. The van der Waals surface area contributed by atoms with E-state index >= 15 is 0 Å². The van der Waals surface area contributed by atoms with Crippen LogP contribution in [0.5, 0.6) is 0 Å². The smallest absolute Gasteiger partial charge is 0.134 e. The lowest BCUT2D eigenvalue weighted by molar-refractivity contribution is 0.827. The van der Waals surface area contributed by atoms with Gasteiger partial charge in [-0.15, -0.1) is 0 Å². The van der Waals surface area contributed by atoms with Gasteiger partial charge < -0.3 is 10.6 Å². The Morgan fingerprint density at radius 2 is 1.95 bits per heavy atom. The highest BCUT2D eigenvalue weighted by atomic mass is 15.1. The lowest BCUT2D eigenvalue weighted by atomic mass is 10.2. The summed E-state index contributed by atoms with van der Waals surface area (Å²) < 4.78 is 0. The van der Waals surface area contributed by atoms with Crippen molar-refractivity contribution in [2.24, 2.45) is 0 Å². The summed E-state index contributed by atoms with van der Waals surface area (Å²) in [6, 6.07) is 6.01. The van der Waals surface area contributed by atoms with Crippen molar-refractivity contribution < 1.29 is 0 Å². The van der Waals surface area contributed by atoms with E-state index in [0.717, 1.165) is 35.9 Å². The predicted molar refractivity (Wildman–Crippen MR) is 81.8 cm³/mol. The van der Waals surface area contributed by atoms with Crippen molar-refractivity contribution in [3.63, 3.8) is 0 Å². The summed E-state index contributed by atoms with van der Waals surface area (Å²) in [4.78, 5) is 13.0. The molecule has 106 valence electrons. The number of anilines is 2. The lowest BCUT2D eigenvalue weighted by Gasteiger charge is -2.17. The fourth-order valence-electron chi connectivity index (χ4n) is 1.93. The summed E-state index contributed by atoms with van der Waals surface area (Å²) in [5.74, 6) is 1.73. The Morgan fingerprint density at radius 3 is 2.65 bits per heavy atom. The SMILES string of the molecule is CCCNc1ncnc(NC(C)c2ccccn2)c1C. The van der Waals surface area contributed by atoms with Crippen molar-refractivity contribution in [1.82, 2.24) is 15.0 Å². The molecule has 1 unspecified atom stereocenters. The molecule has 1 atom stereocenters. The number of rotatable bonds is 6. The van der Waals surface area contributed by atoms with Gasteiger partial charge >= 0.3 is 0 Å². The molecule has 2 rings (SSSR count). The second-order valence-electron chi connectivity index (χ2n) is 4.74. The van der Waals surface area contributed by atoms with Crippen LogP contribution < -0.4 is 10.6 Å². The van der Waals surface area contributed by atoms with Crippen molar-refractivity contribution in [3.8, 4) is 0 Å². The number of hydrogen-bond acceptors (Lipinski definition) is 5. The maximum atomic E-state index is 4.35. The third-order valence-corrected chi connectivity index (χ3v) is 3.11. The van der Waals surface area contributed by atoms with Gasteiger partial charge in [0.05, 0.1) is 11.7 Å². The highest BCUT2D eigenvalue weighted by molar-refractivity contribution is 5.56. The monoisotopic (exact) mass is 271 g/mol. The van der Waals surface area contributed by atoms with E-state index in [4.69, 9.17) is 0 Å². The zero-order chi connectivity index (χ0) is 14.4. The molecular formula is C15H21N5. The maximum absolute atomic E-state index is 4.35. The number of nitrogens with zero attached hydrogens (tertiary/aromatic N) is 3. The quantitative estimate of drug-likeness (QED) is 0.845. The van der Waals surface area contributed by atoms with Gasteiger partial charge in [0, 0.05) is 18.3 Å². The maximum Gasteiger partial charge on any atom is 0.134 e. The number of pyridine rings is 1. The van der Waals surface area contributed by atoms with Crippen LogP contribution in [0.3, 0.4) is 0 Å². The van der Waals surface area contributed by atoms with Crippen molar-refractivity contribution in [1.29, 1.82) is 0 Å². The van der Waals surface area contributed by atoms with Crippen LogP contribution in [0, 0.1) is 6.92 Å². The van der Waals surface area contributed by atoms with Crippen LogP contribution in [0.15, 0.2) is 30.7 Å². The third kappa shape index (κ3) is 3.44. The first-order valence-electron chi connectivity index (χ1n) is 6.95. The largest absolute Gasteiger partial charge is 0.370 e. The molecule has 0 aliphatic carbocycles. The fraction of sp³-hybridized carbons (Fsp3) is 0.400. The molecule has 0 amide bonds. The molecule has 20 heavy (non-hydrogen) atoms. The Morgan fingerprint density at radius 1 is 1.15 bits per heavy atom. The van der Waals surface area contributed by atoms with Gasteiger partial charge in [-0.3, -0.25) is 4.98 Å². The van der Waals surface area contributed by atoms with E-state index < -0.39 is 0 Å². The summed E-state index contributed by atoms with van der Waals surface area (Å²) in [5, 5.41) is 6.70. The topological polar surface area (TPSA) is 62.7 Å². The molecule has 0 saturated carbocycles. The van der Waals surface area contributed by atoms with Crippen LogP contribution in [0.25, 0.3) is 0 Å². The molecular weight excluding hydrogens is 250 g/mol. The summed E-state index contributed by atoms with van der Waals surface area (Å²) in [7, 11) is 0. The molecule has 2 N–H and O–H groups in total. The fourth-order valence-corrected chi connectivity index (χ4v) is 1.93. The van der Waals surface area contributed by atoms with E-state index in [1.165, 1.54) is 0 Å². The zero-order valence-corrected chi connectivity index (χ0v) is 12.2. The molecule has 0 fully saturated rings. The summed E-state index contributed by atoms with van der Waals surface area (Å²) in [6.07, 6.45) is 4.45. The molecule has 0 radical (unpaired) electrons. The van der Waals surface area contributed by atoms with Gasteiger partial charge in [0.2, 0.25) is 0 Å². The van der Waals surface area contributed by atoms with E-state index in [9.17, 15) is 0 Å². The van der Waals surface area contributed by atoms with Crippen LogP contribution in [0.2, 0.25) is 0 Å². The number of nitrogens with one attached hydrogen (secondary N) is 2. The van der Waals surface area contributed by atoms with Gasteiger partial charge in [-0.05, 0) is 32.4 Å². The Hall–Kier alpha value is -2.17. The molecule has 0 spiro atoms. The number of hydrogen-bond donors (Lipinski definition) is 2. The highest BCUT2D eigenvalue weighted by Crippen LogP contribution is 2.22. The molecule has 2 aromatic rings. The van der Waals surface area contributed by atoms with Gasteiger partial charge in [0.15, 0.2) is 0 Å². The van der Waals surface area contributed by atoms with E-state index in [-0.39, 0.29) is 6.04 Å². The van der Waals surface area contributed by atoms with E-state index in [1.807, 2.05) is 25.1 Å². The first kappa shape index (κ1) is 14.2. The van der Waals surface area contributed by atoms with Crippen LogP contribution in [0.4, 0.5) is 11.6 Å². The highest BCUT2D eigenvalue weighted by Gasteiger charge is 2.11. The summed E-state index contributed by atoms with van der Waals surface area (Å²) in [5.41, 5.74) is 2.03. The molecule has 2 heterocycles. The normalized spacial score (nSPS) is 11.9. The predicted octanol–water partition coefficient (Wildman–Crippen LogP) is 3.18. The zero-order valence-electron chi connectivity index (χ0n) is 12.2. The Kier molecular flexibility index (Phi) is 4.87. The summed E-state index contributed by atoms with van der Waals surface area (Å²) in [6.45, 7) is 7.13. The van der Waals surface area contributed by atoms with Crippen molar-refractivity contribution in [2.75, 3.05) is 17.2 Å². The first-order chi connectivity index (χ1) is 9.72. The molecule has 0 bridgehead atoms. The molecule has 0 aliphatic rings. The van der Waals surface area contributed by atoms with Crippen LogP contribution >= 0.6 is 0 Å². The Balaban J connectivity index is 2.13. The average molecular weight is 271 g/mol. The van der Waals surface area contributed by atoms with Gasteiger partial charge in [-0.2, -0.15) is 0 Å². The minimum atomic E-state index is 0.101. The standard InChI is InChI=1S/C15H21N5/c1-4-8-17-14-11(2)15(19-10-18-14)20-12(3)13-7-5-6-9-16-13/h5-7,9-10,12H,4,8H2,1-3H3,(H2,17,18,19,20). The van der Waals surface area contributed by atoms with Crippen molar-refractivity contribution >= 4 is 11.6 Å². The van der Waals surface area contributed by atoms with Gasteiger partial charge in [-0.1, -0.05) is 13.0 Å². The number of aromatic nitrogens is 3.